The van der Waals surface area contributed by atoms with Crippen molar-refractivity contribution >= 4 is 31.6 Å². The van der Waals surface area contributed by atoms with E-state index in [0.717, 1.165) is 19.2 Å². The summed E-state index contributed by atoms with van der Waals surface area (Å²) in [5.41, 5.74) is 5.48. The molecule has 0 atom stereocenters. The van der Waals surface area contributed by atoms with Crippen molar-refractivity contribution in [3.8, 4) is 0 Å². The summed E-state index contributed by atoms with van der Waals surface area (Å²) in [5.74, 6) is -0.596. The number of nitrogens with two attached hydrogens (primary N) is 1. The van der Waals surface area contributed by atoms with Crippen LogP contribution in [-0.2, 0) is 10.0 Å². The van der Waals surface area contributed by atoms with E-state index in [1.807, 2.05) is 7.05 Å². The standard InChI is InChI=1S/C11H16BrFN4O2S/c1-16-2-4-17(5-3-16)15-20(18,19)11-6-8(12)9(13)7-10(11)14/h6-7,15H,2-5,14H2,1H3. The van der Waals surface area contributed by atoms with Crippen molar-refractivity contribution in [3.63, 3.8) is 0 Å². The number of rotatable bonds is 3. The number of halogens is 2. The van der Waals surface area contributed by atoms with E-state index in [0.29, 0.717) is 13.1 Å². The van der Waals surface area contributed by atoms with Crippen LogP contribution in [0.2, 0.25) is 0 Å². The van der Waals surface area contributed by atoms with Gasteiger partial charge >= 0.3 is 0 Å². The zero-order valence-corrected chi connectivity index (χ0v) is 13.3. The van der Waals surface area contributed by atoms with Gasteiger partial charge in [0.05, 0.1) is 10.2 Å². The van der Waals surface area contributed by atoms with Gasteiger partial charge in [-0.2, -0.15) is 0 Å². The van der Waals surface area contributed by atoms with E-state index < -0.39 is 15.8 Å². The molecule has 0 aliphatic carbocycles. The summed E-state index contributed by atoms with van der Waals surface area (Å²) in [4.78, 5) is 4.45. The van der Waals surface area contributed by atoms with Crippen LogP contribution in [0.5, 0.6) is 0 Å². The summed E-state index contributed by atoms with van der Waals surface area (Å²) >= 11 is 2.96. The van der Waals surface area contributed by atoms with Crippen LogP contribution in [0.25, 0.3) is 0 Å². The predicted molar refractivity (Wildman–Crippen MR) is 77.9 cm³/mol. The molecule has 0 radical (unpaired) electrons. The molecule has 9 heteroatoms. The summed E-state index contributed by atoms with van der Waals surface area (Å²) < 4.78 is 37.9. The van der Waals surface area contributed by atoms with Crippen molar-refractivity contribution in [1.82, 2.24) is 14.7 Å². The molecule has 1 aromatic rings. The van der Waals surface area contributed by atoms with Crippen LogP contribution < -0.4 is 10.6 Å². The van der Waals surface area contributed by atoms with Gasteiger partial charge in [-0.15, -0.1) is 4.83 Å². The normalized spacial score (nSPS) is 18.4. The number of piperazine rings is 1. The molecular weight excluding hydrogens is 351 g/mol. The van der Waals surface area contributed by atoms with Gasteiger partial charge in [0.15, 0.2) is 0 Å². The molecule has 0 unspecified atom stereocenters. The molecule has 1 aliphatic heterocycles. The van der Waals surface area contributed by atoms with Crippen LogP contribution in [0.3, 0.4) is 0 Å². The number of nitrogen functional groups attached to an aromatic ring is 1. The van der Waals surface area contributed by atoms with Gasteiger partial charge in [-0.05, 0) is 35.1 Å². The number of nitrogens with one attached hydrogen (secondary N) is 1. The van der Waals surface area contributed by atoms with Crippen LogP contribution in [0.4, 0.5) is 10.1 Å². The molecule has 1 saturated heterocycles. The quantitative estimate of drug-likeness (QED) is 0.766. The Morgan fingerprint density at radius 3 is 2.50 bits per heavy atom. The average Bonchev–Trinajstić information content (AvgIpc) is 2.36. The van der Waals surface area contributed by atoms with Crippen LogP contribution in [-0.4, -0.2) is 51.6 Å². The van der Waals surface area contributed by atoms with Gasteiger partial charge in [-0.1, -0.05) is 0 Å². The molecule has 6 nitrogen and oxygen atoms in total. The Bertz CT molecular complexity index is 603. The first-order valence-corrected chi connectivity index (χ1v) is 8.27. The second-order valence-electron chi connectivity index (χ2n) is 4.69. The highest BCUT2D eigenvalue weighted by molar-refractivity contribution is 9.10. The zero-order valence-electron chi connectivity index (χ0n) is 10.9. The Kier molecular flexibility index (Phi) is 4.65. The lowest BCUT2D eigenvalue weighted by molar-refractivity contribution is 0.135. The Hall–Kier alpha value is -0.740. The average molecular weight is 367 g/mol. The number of anilines is 1. The number of hydrogen-bond donors (Lipinski definition) is 2. The fraction of sp³-hybridized carbons (Fsp3) is 0.455. The van der Waals surface area contributed by atoms with Crippen molar-refractivity contribution in [2.75, 3.05) is 39.0 Å². The second-order valence-corrected chi connectivity index (χ2v) is 7.17. The highest BCUT2D eigenvalue weighted by Gasteiger charge is 2.24. The molecule has 1 heterocycles. The van der Waals surface area contributed by atoms with Crippen LogP contribution in [0, 0.1) is 5.82 Å². The summed E-state index contributed by atoms with van der Waals surface area (Å²) in [7, 11) is -1.84. The highest BCUT2D eigenvalue weighted by Crippen LogP contribution is 2.26. The maximum absolute atomic E-state index is 13.3. The fourth-order valence-electron chi connectivity index (χ4n) is 1.89. The summed E-state index contributed by atoms with van der Waals surface area (Å²) in [5, 5.41) is 1.62. The van der Waals surface area contributed by atoms with Gasteiger partial charge in [-0.3, -0.25) is 0 Å². The van der Waals surface area contributed by atoms with E-state index in [2.05, 4.69) is 25.7 Å². The third kappa shape index (κ3) is 3.47. The van der Waals surface area contributed by atoms with Crippen molar-refractivity contribution < 1.29 is 12.8 Å². The molecule has 0 amide bonds. The minimum absolute atomic E-state index is 0.0606. The smallest absolute Gasteiger partial charge is 0.255 e. The van der Waals surface area contributed by atoms with Gasteiger partial charge in [0.25, 0.3) is 10.0 Å². The summed E-state index contributed by atoms with van der Waals surface area (Å²) in [6.07, 6.45) is 0. The topological polar surface area (TPSA) is 78.7 Å². The molecule has 112 valence electrons. The lowest BCUT2D eigenvalue weighted by Gasteiger charge is -2.32. The zero-order chi connectivity index (χ0) is 14.9. The summed E-state index contributed by atoms with van der Waals surface area (Å²) in [6, 6.07) is 2.16. The lowest BCUT2D eigenvalue weighted by atomic mass is 10.3. The van der Waals surface area contributed by atoms with E-state index >= 15 is 0 Å². The molecule has 1 aliphatic rings. The highest BCUT2D eigenvalue weighted by atomic mass is 79.9. The first-order chi connectivity index (χ1) is 9.29. The molecular formula is C11H16BrFN4O2S. The fourth-order valence-corrected chi connectivity index (χ4v) is 3.65. The van der Waals surface area contributed by atoms with Gasteiger partial charge in [0.2, 0.25) is 0 Å². The monoisotopic (exact) mass is 366 g/mol. The SMILES string of the molecule is CN1CCN(NS(=O)(=O)c2cc(Br)c(F)cc2N)CC1. The van der Waals surface area contributed by atoms with E-state index in [-0.39, 0.29) is 15.1 Å². The molecule has 1 aromatic carbocycles. The molecule has 0 bridgehead atoms. The minimum atomic E-state index is -3.81. The number of benzene rings is 1. The van der Waals surface area contributed by atoms with Crippen LogP contribution >= 0.6 is 15.9 Å². The van der Waals surface area contributed by atoms with E-state index in [9.17, 15) is 12.8 Å². The summed E-state index contributed by atoms with van der Waals surface area (Å²) in [6.45, 7) is 2.70. The number of nitrogens with zero attached hydrogens (tertiary/aromatic N) is 2. The van der Waals surface area contributed by atoms with Gasteiger partial charge in [-0.25, -0.2) is 17.8 Å². The number of likely N-dealkylation sites (N-methyl/N-ethyl adjacent to an activating group) is 1. The van der Waals surface area contributed by atoms with Crippen LogP contribution in [0.1, 0.15) is 0 Å². The minimum Gasteiger partial charge on any atom is -0.398 e. The maximum atomic E-state index is 13.3. The number of sulfonamides is 1. The maximum Gasteiger partial charge on any atom is 0.255 e. The molecule has 0 saturated carbocycles. The van der Waals surface area contributed by atoms with Gasteiger partial charge in [0, 0.05) is 26.2 Å². The Labute approximate surface area is 125 Å². The lowest BCUT2D eigenvalue weighted by Crippen LogP contribution is -2.52. The first-order valence-electron chi connectivity index (χ1n) is 6.00. The van der Waals surface area contributed by atoms with Crippen LogP contribution in [0.15, 0.2) is 21.5 Å². The van der Waals surface area contributed by atoms with E-state index in [4.69, 9.17) is 5.73 Å². The largest absolute Gasteiger partial charge is 0.398 e. The third-order valence-electron chi connectivity index (χ3n) is 3.09. The molecule has 0 aromatic heterocycles. The molecule has 3 N–H and O–H groups in total. The van der Waals surface area contributed by atoms with E-state index in [1.165, 1.54) is 6.07 Å². The van der Waals surface area contributed by atoms with E-state index in [1.54, 1.807) is 5.01 Å². The van der Waals surface area contributed by atoms with Crippen molar-refractivity contribution in [3.05, 3.63) is 22.4 Å². The Morgan fingerprint density at radius 1 is 1.30 bits per heavy atom. The number of hydrazine groups is 1. The third-order valence-corrected chi connectivity index (χ3v) is 5.13. The van der Waals surface area contributed by atoms with Crippen molar-refractivity contribution in [2.24, 2.45) is 0 Å². The Morgan fingerprint density at radius 2 is 1.90 bits per heavy atom. The van der Waals surface area contributed by atoms with Gasteiger partial charge < -0.3 is 10.6 Å². The van der Waals surface area contributed by atoms with Crippen molar-refractivity contribution in [2.45, 2.75) is 4.90 Å². The van der Waals surface area contributed by atoms with Crippen molar-refractivity contribution in [1.29, 1.82) is 0 Å². The molecule has 20 heavy (non-hydrogen) atoms. The predicted octanol–water partition coefficient (Wildman–Crippen LogP) is 0.611. The van der Waals surface area contributed by atoms with Gasteiger partial charge in [0.1, 0.15) is 10.7 Å². The molecule has 0 spiro atoms. The Balaban J connectivity index is 2.20. The second kappa shape index (κ2) is 5.94. The number of hydrogen-bond acceptors (Lipinski definition) is 5. The molecule has 1 fully saturated rings. The first kappa shape index (κ1) is 15.6. The molecule has 2 rings (SSSR count).